The largest absolute Gasteiger partial charge is 0.394 e. The van der Waals surface area contributed by atoms with E-state index in [1.54, 1.807) is 60.4 Å². The number of carbonyl (C=O) groups excluding carboxylic acids is 3. The van der Waals surface area contributed by atoms with Gasteiger partial charge < -0.3 is 30.4 Å². The fourth-order valence-electron chi connectivity index (χ4n) is 5.87. The molecule has 3 aromatic carbocycles. The number of nitrogens with zero attached hydrogens (tertiary/aromatic N) is 2. The molecule has 44 heavy (non-hydrogen) atoms. The van der Waals surface area contributed by atoms with Crippen molar-refractivity contribution < 1.29 is 29.7 Å². The van der Waals surface area contributed by atoms with Crippen LogP contribution in [0.15, 0.2) is 83.4 Å². The highest BCUT2D eigenvalue weighted by Crippen LogP contribution is 2.46. The Hall–Kier alpha value is -3.83. The van der Waals surface area contributed by atoms with E-state index in [0.717, 1.165) is 16.7 Å². The maximum Gasteiger partial charge on any atom is 0.264 e. The maximum absolute atomic E-state index is 13.9. The lowest BCUT2D eigenvalue weighted by Gasteiger charge is -2.36. The number of hydrogen-bond acceptors (Lipinski definition) is 6. The average Bonchev–Trinajstić information content (AvgIpc) is 3.22. The van der Waals surface area contributed by atoms with E-state index in [4.69, 9.17) is 0 Å². The molecule has 0 aromatic heterocycles. The zero-order valence-corrected chi connectivity index (χ0v) is 26.2. The Kier molecular flexibility index (Phi) is 9.36. The highest BCUT2D eigenvalue weighted by atomic mass is 79.9. The topological polar surface area (TPSA) is 130 Å². The normalized spacial score (nSPS) is 20.8. The van der Waals surface area contributed by atoms with Gasteiger partial charge in [-0.05, 0) is 60.4 Å². The average molecular weight is 663 g/mol. The van der Waals surface area contributed by atoms with E-state index < -0.39 is 29.4 Å². The van der Waals surface area contributed by atoms with Gasteiger partial charge in [-0.25, -0.2) is 0 Å². The molecule has 0 fully saturated rings. The Bertz CT molecular complexity index is 1590. The predicted octanol–water partition coefficient (Wildman–Crippen LogP) is 4.03. The molecule has 9 nitrogen and oxygen atoms in total. The van der Waals surface area contributed by atoms with Gasteiger partial charge in [0, 0.05) is 34.6 Å². The smallest absolute Gasteiger partial charge is 0.264 e. The van der Waals surface area contributed by atoms with Gasteiger partial charge >= 0.3 is 0 Å². The number of anilines is 2. The summed E-state index contributed by atoms with van der Waals surface area (Å²) in [6.45, 7) is 3.62. The van der Waals surface area contributed by atoms with Crippen LogP contribution in [0.5, 0.6) is 0 Å². The number of aliphatic hydroxyl groups is 3. The Morgan fingerprint density at radius 2 is 1.80 bits per heavy atom. The Balaban J connectivity index is 1.31. The molecule has 2 aliphatic rings. The SMILES string of the molecule is C[C@H](O)C(=O)Nc1ccc(CN2C(=O)[C@](O)([C@H](C)/C=C/CC(=O)N3Cc4ccccc4C[C@H]3CO)c3cc(Br)ccc32)cc1. The summed E-state index contributed by atoms with van der Waals surface area (Å²) in [4.78, 5) is 42.2. The third kappa shape index (κ3) is 6.21. The number of amides is 3. The van der Waals surface area contributed by atoms with Crippen LogP contribution in [0.25, 0.3) is 0 Å². The molecule has 0 saturated heterocycles. The van der Waals surface area contributed by atoms with Crippen molar-refractivity contribution in [3.8, 4) is 0 Å². The van der Waals surface area contributed by atoms with Crippen molar-refractivity contribution in [1.29, 1.82) is 0 Å². The molecule has 5 rings (SSSR count). The van der Waals surface area contributed by atoms with E-state index in [-0.39, 0.29) is 31.5 Å². The van der Waals surface area contributed by atoms with Gasteiger partial charge in [-0.2, -0.15) is 0 Å². The summed E-state index contributed by atoms with van der Waals surface area (Å²) in [5, 5.41) is 34.0. The van der Waals surface area contributed by atoms with Crippen LogP contribution < -0.4 is 10.2 Å². The van der Waals surface area contributed by atoms with Crippen molar-refractivity contribution in [2.45, 2.75) is 57.5 Å². The van der Waals surface area contributed by atoms with Gasteiger partial charge in [0.1, 0.15) is 6.10 Å². The van der Waals surface area contributed by atoms with Crippen molar-refractivity contribution >= 4 is 45.0 Å². The summed E-state index contributed by atoms with van der Waals surface area (Å²) in [7, 11) is 0. The molecule has 3 amide bonds. The Morgan fingerprint density at radius 3 is 2.48 bits per heavy atom. The number of halogens is 1. The maximum atomic E-state index is 13.9. The predicted molar refractivity (Wildman–Crippen MR) is 170 cm³/mol. The van der Waals surface area contributed by atoms with E-state index in [1.807, 2.05) is 30.3 Å². The molecule has 0 unspecified atom stereocenters. The van der Waals surface area contributed by atoms with Crippen molar-refractivity contribution in [3.63, 3.8) is 0 Å². The van der Waals surface area contributed by atoms with E-state index in [2.05, 4.69) is 21.2 Å². The van der Waals surface area contributed by atoms with Gasteiger partial charge in [0.2, 0.25) is 5.91 Å². The second kappa shape index (κ2) is 13.0. The molecular weight excluding hydrogens is 626 g/mol. The second-order valence-electron chi connectivity index (χ2n) is 11.4. The number of nitrogens with one attached hydrogen (secondary N) is 1. The zero-order valence-electron chi connectivity index (χ0n) is 24.6. The minimum atomic E-state index is -1.86. The summed E-state index contributed by atoms with van der Waals surface area (Å²) in [6.07, 6.45) is 2.91. The van der Waals surface area contributed by atoms with Crippen LogP contribution in [0, 0.1) is 5.92 Å². The fourth-order valence-corrected chi connectivity index (χ4v) is 6.23. The lowest BCUT2D eigenvalue weighted by atomic mass is 9.83. The molecule has 4 N–H and O–H groups in total. The van der Waals surface area contributed by atoms with E-state index in [1.165, 1.54) is 11.8 Å². The lowest BCUT2D eigenvalue weighted by Crippen LogP contribution is -2.46. The van der Waals surface area contributed by atoms with E-state index >= 15 is 0 Å². The number of hydrogen-bond donors (Lipinski definition) is 4. The van der Waals surface area contributed by atoms with Crippen LogP contribution >= 0.6 is 15.9 Å². The van der Waals surface area contributed by atoms with Crippen LogP contribution in [-0.4, -0.2) is 56.7 Å². The third-order valence-electron chi connectivity index (χ3n) is 8.44. The quantitative estimate of drug-likeness (QED) is 0.256. The van der Waals surface area contributed by atoms with Crippen molar-refractivity contribution in [2.24, 2.45) is 5.92 Å². The van der Waals surface area contributed by atoms with Gasteiger partial charge in [0.05, 0.1) is 24.9 Å². The molecule has 0 spiro atoms. The summed E-state index contributed by atoms with van der Waals surface area (Å²) in [5.41, 5.74) is 2.69. The minimum absolute atomic E-state index is 0.0697. The standard InChI is InChI=1S/C34H36BrN3O6/c1-21(6-5-9-31(41)37-19-25-8-4-3-7-24(25)16-28(37)20-39)34(44)29-17-26(35)12-15-30(29)38(33(34)43)18-23-10-13-27(14-11-23)36-32(42)22(2)40/h3-8,10-15,17,21-22,28,39-40,44H,9,16,18-20H2,1-2H3,(H,36,42)/b6-5+/t21-,22+,28+,34+/m1/s1. The van der Waals surface area contributed by atoms with Gasteiger partial charge in [0.25, 0.3) is 11.8 Å². The molecule has 230 valence electrons. The van der Waals surface area contributed by atoms with E-state index in [0.29, 0.717) is 34.4 Å². The number of rotatable bonds is 9. The molecular formula is C34H36BrN3O6. The minimum Gasteiger partial charge on any atom is -0.394 e. The molecule has 0 aliphatic carbocycles. The molecule has 10 heteroatoms. The van der Waals surface area contributed by atoms with Crippen LogP contribution in [-0.2, 0) is 39.5 Å². The summed E-state index contributed by atoms with van der Waals surface area (Å²) in [6, 6.07) is 19.9. The molecule has 3 aromatic rings. The van der Waals surface area contributed by atoms with Gasteiger partial charge in [-0.3, -0.25) is 14.4 Å². The lowest BCUT2D eigenvalue weighted by molar-refractivity contribution is -0.139. The third-order valence-corrected chi connectivity index (χ3v) is 8.93. The molecule has 2 aliphatic heterocycles. The van der Waals surface area contributed by atoms with Crippen LogP contribution in [0.1, 0.15) is 42.5 Å². The number of fused-ring (bicyclic) bond motifs is 2. The van der Waals surface area contributed by atoms with Crippen molar-refractivity contribution in [1.82, 2.24) is 4.90 Å². The number of aliphatic hydroxyl groups excluding tert-OH is 2. The van der Waals surface area contributed by atoms with Crippen molar-refractivity contribution in [2.75, 3.05) is 16.8 Å². The Labute approximate surface area is 264 Å². The number of benzene rings is 3. The van der Waals surface area contributed by atoms with Crippen molar-refractivity contribution in [3.05, 3.63) is 106 Å². The van der Waals surface area contributed by atoms with Crippen LogP contribution in [0.3, 0.4) is 0 Å². The van der Waals surface area contributed by atoms with Crippen LogP contribution in [0.4, 0.5) is 11.4 Å². The summed E-state index contributed by atoms with van der Waals surface area (Å²) in [5.74, 6) is -1.79. The van der Waals surface area contributed by atoms with Gasteiger partial charge in [-0.1, -0.05) is 71.4 Å². The molecule has 0 bridgehead atoms. The number of carbonyl (C=O) groups is 3. The zero-order chi connectivity index (χ0) is 31.6. The van der Waals surface area contributed by atoms with E-state index in [9.17, 15) is 29.7 Å². The molecule has 0 saturated carbocycles. The van der Waals surface area contributed by atoms with Gasteiger partial charge in [-0.15, -0.1) is 0 Å². The van der Waals surface area contributed by atoms with Gasteiger partial charge in [0.15, 0.2) is 5.60 Å². The fraction of sp³-hybridized carbons (Fsp3) is 0.324. The summed E-state index contributed by atoms with van der Waals surface area (Å²) >= 11 is 3.47. The first-order chi connectivity index (χ1) is 21.0. The first-order valence-electron chi connectivity index (χ1n) is 14.6. The second-order valence-corrected chi connectivity index (χ2v) is 12.3. The highest BCUT2D eigenvalue weighted by molar-refractivity contribution is 9.10. The molecule has 0 radical (unpaired) electrons. The highest BCUT2D eigenvalue weighted by Gasteiger charge is 2.52. The molecule has 4 atom stereocenters. The summed E-state index contributed by atoms with van der Waals surface area (Å²) < 4.78 is 0.717. The van der Waals surface area contributed by atoms with Crippen LogP contribution in [0.2, 0.25) is 0 Å². The first-order valence-corrected chi connectivity index (χ1v) is 15.4. The first kappa shape index (κ1) is 31.6. The molecule has 2 heterocycles. The monoisotopic (exact) mass is 661 g/mol. The Morgan fingerprint density at radius 1 is 1.09 bits per heavy atom.